The molecule has 226 valence electrons. The first-order chi connectivity index (χ1) is 20.0. The molecule has 0 saturated carbocycles. The highest BCUT2D eigenvalue weighted by molar-refractivity contribution is 6.02. The quantitative estimate of drug-likeness (QED) is 0.268. The number of amides is 2. The summed E-state index contributed by atoms with van der Waals surface area (Å²) in [7, 11) is 5.06. The maximum absolute atomic E-state index is 13.8. The number of hydrogen-bond donors (Lipinski definition) is 4. The van der Waals surface area contributed by atoms with E-state index in [2.05, 4.69) is 38.2 Å². The lowest BCUT2D eigenvalue weighted by Crippen LogP contribution is -2.57. The zero-order chi connectivity index (χ0) is 30.4. The van der Waals surface area contributed by atoms with E-state index >= 15 is 0 Å². The number of nitrogens with zero attached hydrogens (tertiary/aromatic N) is 3. The van der Waals surface area contributed by atoms with Crippen LogP contribution in [-0.4, -0.2) is 79.2 Å². The minimum atomic E-state index is -0.590. The second-order valence-electron chi connectivity index (χ2n) is 11.7. The number of rotatable bonds is 11. The number of carbonyl (C=O) groups excluding carboxylic acids is 2. The number of likely N-dealkylation sites (tertiary alicyclic amines) is 1. The molecule has 1 saturated heterocycles. The highest BCUT2D eigenvalue weighted by atomic mass is 16.5. The van der Waals surface area contributed by atoms with Gasteiger partial charge in [0, 0.05) is 42.3 Å². The van der Waals surface area contributed by atoms with Gasteiger partial charge in [-0.15, -0.1) is 0 Å². The number of fused-ring (bicyclic) bond motifs is 1. The van der Waals surface area contributed by atoms with E-state index in [4.69, 9.17) is 9.47 Å². The van der Waals surface area contributed by atoms with Crippen LogP contribution in [0.2, 0.25) is 0 Å². The van der Waals surface area contributed by atoms with Crippen LogP contribution in [0.4, 0.5) is 17.2 Å². The van der Waals surface area contributed by atoms with Gasteiger partial charge in [0.15, 0.2) is 0 Å². The normalized spacial score (nSPS) is 16.6. The average molecular weight is 578 g/mol. The lowest BCUT2D eigenvalue weighted by molar-refractivity contribution is -0.140. The van der Waals surface area contributed by atoms with Crippen LogP contribution in [0.1, 0.15) is 40.5 Å². The Bertz CT molecular complexity index is 1410. The molecule has 1 aromatic heterocycles. The van der Waals surface area contributed by atoms with Crippen LogP contribution in [0.15, 0.2) is 42.7 Å². The molecule has 2 amide bonds. The van der Waals surface area contributed by atoms with Crippen molar-refractivity contribution in [1.29, 1.82) is 0 Å². The Morgan fingerprint density at radius 3 is 2.60 bits per heavy atom. The third kappa shape index (κ3) is 7.08. The molecule has 4 rings (SSSR count). The molecule has 1 fully saturated rings. The molecular formula is C31H43N7O4. The lowest BCUT2D eigenvalue weighted by Gasteiger charge is -2.36. The summed E-state index contributed by atoms with van der Waals surface area (Å²) in [6.07, 6.45) is 2.81. The number of hydrogen-bond acceptors (Lipinski definition) is 9. The summed E-state index contributed by atoms with van der Waals surface area (Å²) in [6.45, 7) is 9.34. The van der Waals surface area contributed by atoms with E-state index in [0.29, 0.717) is 53.4 Å². The topological polar surface area (TPSA) is 130 Å². The van der Waals surface area contributed by atoms with Crippen LogP contribution in [-0.2, 0) is 9.59 Å². The van der Waals surface area contributed by atoms with Crippen molar-refractivity contribution in [2.45, 2.75) is 58.7 Å². The van der Waals surface area contributed by atoms with E-state index in [-0.39, 0.29) is 23.3 Å². The smallest absolute Gasteiger partial charge is 0.247 e. The average Bonchev–Trinajstić information content (AvgIpc) is 3.47. The van der Waals surface area contributed by atoms with E-state index in [0.717, 1.165) is 12.1 Å². The third-order valence-electron chi connectivity index (χ3n) is 7.62. The van der Waals surface area contributed by atoms with Gasteiger partial charge in [0.2, 0.25) is 11.8 Å². The molecule has 0 aliphatic carbocycles. The fourth-order valence-electron chi connectivity index (χ4n) is 5.13. The van der Waals surface area contributed by atoms with E-state index in [9.17, 15) is 9.59 Å². The van der Waals surface area contributed by atoms with Crippen LogP contribution >= 0.6 is 0 Å². The number of anilines is 3. The van der Waals surface area contributed by atoms with Crippen LogP contribution in [0.25, 0.3) is 10.9 Å². The third-order valence-corrected chi connectivity index (χ3v) is 7.62. The van der Waals surface area contributed by atoms with E-state index in [1.54, 1.807) is 31.3 Å². The fourth-order valence-corrected chi connectivity index (χ4v) is 5.13. The molecule has 2 heterocycles. The van der Waals surface area contributed by atoms with Gasteiger partial charge < -0.3 is 35.6 Å². The summed E-state index contributed by atoms with van der Waals surface area (Å²) in [6, 6.07) is 10.3. The highest BCUT2D eigenvalue weighted by Crippen LogP contribution is 2.34. The Balaban J connectivity index is 1.59. The first-order valence-electron chi connectivity index (χ1n) is 14.3. The maximum atomic E-state index is 13.8. The van der Waals surface area contributed by atoms with Crippen molar-refractivity contribution in [3.63, 3.8) is 0 Å². The summed E-state index contributed by atoms with van der Waals surface area (Å²) in [5.41, 5.74) is 1.59. The number of nitrogens with one attached hydrogen (secondary N) is 4. The molecule has 3 atom stereocenters. The number of methoxy groups -OCH3 is 2. The minimum absolute atomic E-state index is 0.0629. The van der Waals surface area contributed by atoms with E-state index in [1.165, 1.54) is 6.33 Å². The van der Waals surface area contributed by atoms with Crippen LogP contribution in [0, 0.1) is 5.41 Å². The Morgan fingerprint density at radius 2 is 1.90 bits per heavy atom. The summed E-state index contributed by atoms with van der Waals surface area (Å²) in [5.74, 6) is 1.43. The highest BCUT2D eigenvalue weighted by Gasteiger charge is 2.41. The maximum Gasteiger partial charge on any atom is 0.247 e. The SMILES string of the molecule is CN[C@@H](C)CN[C@H](C(=O)N1CCC[C@H]1C(=O)Nc1cc2c(Nc3cccc(OC)c3)ncnc2cc1OC)C(C)(C)C. The molecule has 0 spiro atoms. The zero-order valence-corrected chi connectivity index (χ0v) is 25.6. The Morgan fingerprint density at radius 1 is 1.12 bits per heavy atom. The molecule has 3 aromatic rings. The van der Waals surface area contributed by atoms with Crippen molar-refractivity contribution < 1.29 is 19.1 Å². The van der Waals surface area contributed by atoms with Gasteiger partial charge in [0.05, 0.1) is 31.5 Å². The van der Waals surface area contributed by atoms with Gasteiger partial charge in [0.25, 0.3) is 0 Å². The van der Waals surface area contributed by atoms with Gasteiger partial charge in [-0.05, 0) is 50.4 Å². The van der Waals surface area contributed by atoms with Crippen molar-refractivity contribution in [2.75, 3.05) is 45.0 Å². The van der Waals surface area contributed by atoms with Crippen LogP contribution < -0.4 is 30.7 Å². The van der Waals surface area contributed by atoms with Gasteiger partial charge in [-0.3, -0.25) is 9.59 Å². The van der Waals surface area contributed by atoms with Gasteiger partial charge >= 0.3 is 0 Å². The summed E-state index contributed by atoms with van der Waals surface area (Å²) < 4.78 is 11.0. The minimum Gasteiger partial charge on any atom is -0.497 e. The van der Waals surface area contributed by atoms with E-state index in [1.807, 2.05) is 52.1 Å². The predicted molar refractivity (Wildman–Crippen MR) is 165 cm³/mol. The zero-order valence-electron chi connectivity index (χ0n) is 25.6. The van der Waals surface area contributed by atoms with Gasteiger partial charge in [0.1, 0.15) is 29.7 Å². The molecule has 11 nitrogen and oxygen atoms in total. The van der Waals surface area contributed by atoms with E-state index < -0.39 is 12.1 Å². The Labute approximate surface area is 247 Å². The van der Waals surface area contributed by atoms with Gasteiger partial charge in [-0.25, -0.2) is 9.97 Å². The second-order valence-corrected chi connectivity index (χ2v) is 11.7. The molecule has 4 N–H and O–H groups in total. The number of carbonyl (C=O) groups is 2. The van der Waals surface area contributed by atoms with Crippen LogP contribution in [0.3, 0.4) is 0 Å². The molecule has 11 heteroatoms. The van der Waals surface area contributed by atoms with Gasteiger partial charge in [-0.2, -0.15) is 0 Å². The monoisotopic (exact) mass is 577 g/mol. The molecule has 2 aromatic carbocycles. The lowest BCUT2D eigenvalue weighted by atomic mass is 9.85. The number of likely N-dealkylation sites (N-methyl/N-ethyl adjacent to an activating group) is 1. The standard InChI is InChI=1S/C31H43N7O4/c1-19(32-5)17-33-27(31(2,3)4)30(40)38-13-9-12-25(38)29(39)37-24-15-22-23(16-26(24)42-7)34-18-35-28(22)36-20-10-8-11-21(14-20)41-6/h8,10-11,14-16,18-19,25,27,32-33H,9,12-13,17H2,1-7H3,(H,37,39)(H,34,35,36)/t19-,25-,27+/m0/s1. The largest absolute Gasteiger partial charge is 0.497 e. The van der Waals surface area contributed by atoms with Gasteiger partial charge in [-0.1, -0.05) is 26.8 Å². The molecule has 0 unspecified atom stereocenters. The van der Waals surface area contributed by atoms with Crippen molar-refractivity contribution in [1.82, 2.24) is 25.5 Å². The number of benzene rings is 2. The summed E-state index contributed by atoms with van der Waals surface area (Å²) >= 11 is 0. The molecule has 1 aliphatic heterocycles. The summed E-state index contributed by atoms with van der Waals surface area (Å²) in [5, 5.41) is 13.7. The van der Waals surface area contributed by atoms with Crippen molar-refractivity contribution in [3.8, 4) is 11.5 Å². The second kappa shape index (κ2) is 13.3. The summed E-state index contributed by atoms with van der Waals surface area (Å²) in [4.78, 5) is 38.1. The van der Waals surface area contributed by atoms with Crippen LogP contribution in [0.5, 0.6) is 11.5 Å². The van der Waals surface area contributed by atoms with Crippen molar-refractivity contribution in [2.24, 2.45) is 5.41 Å². The first kappa shape index (κ1) is 31.0. The van der Waals surface area contributed by atoms with Crippen molar-refractivity contribution >= 4 is 39.9 Å². The fraction of sp³-hybridized carbons (Fsp3) is 0.484. The predicted octanol–water partition coefficient (Wildman–Crippen LogP) is 3.93. The molecule has 0 bridgehead atoms. The Kier molecular flexibility index (Phi) is 9.85. The Hall–Kier alpha value is -3.96. The molecule has 0 radical (unpaired) electrons. The molecule has 1 aliphatic rings. The number of aromatic nitrogens is 2. The van der Waals surface area contributed by atoms with Crippen molar-refractivity contribution in [3.05, 3.63) is 42.7 Å². The molecular weight excluding hydrogens is 534 g/mol. The number of ether oxygens (including phenoxy) is 2. The first-order valence-corrected chi connectivity index (χ1v) is 14.3. The molecule has 42 heavy (non-hydrogen) atoms.